The second-order valence-electron chi connectivity index (χ2n) is 0. The highest BCUT2D eigenvalue weighted by atomic mass is 14.0. The molecule has 12 N–H and O–H groups in total. The van der Waals surface area contributed by atoms with Crippen LogP contribution in [0.15, 0.2) is 0 Å². The zero-order chi connectivity index (χ0) is 0. The zero-order valence-corrected chi connectivity index (χ0v) is 2.83. The van der Waals surface area contributed by atoms with Crippen LogP contribution < -0.4 is 24.6 Å². The van der Waals surface area contributed by atoms with Crippen LogP contribution in [0.4, 0.5) is 0 Å². The van der Waals surface area contributed by atoms with Gasteiger partial charge in [0.25, 0.3) is 0 Å². The minimum atomic E-state index is 0. The molecular weight excluding hydrogens is 66.8 g/mol. The molecule has 0 heterocycles. The van der Waals surface area contributed by atoms with Crippen molar-refractivity contribution >= 4 is 8.41 Å². The fourth-order valence-corrected chi connectivity index (χ4v) is 0. The average molecular weight is 82.0 g/mol. The normalized spacial score (nSPS) is 0. The van der Waals surface area contributed by atoms with Crippen LogP contribution in [0, 0.1) is 0 Å². The van der Waals surface area contributed by atoms with E-state index in [0.29, 0.717) is 0 Å². The molecule has 0 unspecified atom stereocenters. The summed E-state index contributed by atoms with van der Waals surface area (Å²) in [7, 11) is 0. The summed E-state index contributed by atoms with van der Waals surface area (Å²) in [6, 6.07) is 0. The average Bonchev–Trinajstić information content (AvgIpc) is 0. The van der Waals surface area contributed by atoms with Gasteiger partial charge in [-0.15, -0.1) is 0 Å². The van der Waals surface area contributed by atoms with E-state index < -0.39 is 0 Å². The summed E-state index contributed by atoms with van der Waals surface area (Å²) in [5.74, 6) is 0. The van der Waals surface area contributed by atoms with Crippen molar-refractivity contribution in [2.24, 2.45) is 0 Å². The molecule has 0 aromatic carbocycles. The summed E-state index contributed by atoms with van der Waals surface area (Å²) in [6.45, 7) is 0. The van der Waals surface area contributed by atoms with Crippen molar-refractivity contribution in [3.8, 4) is 0 Å². The molecule has 0 spiro atoms. The van der Waals surface area contributed by atoms with E-state index >= 15 is 0 Å². The van der Waals surface area contributed by atoms with Gasteiger partial charge in [0.05, 0.1) is 8.41 Å². The van der Waals surface area contributed by atoms with E-state index in [2.05, 4.69) is 0 Å². The summed E-state index contributed by atoms with van der Waals surface area (Å²) in [4.78, 5) is 0. The molecule has 5 heteroatoms. The largest absolute Gasteiger partial charge is 0.344 e. The van der Waals surface area contributed by atoms with Crippen molar-refractivity contribution in [1.82, 2.24) is 24.6 Å². The Morgan fingerprint density at radius 3 is 0.400 bits per heavy atom. The molecular formula is H15BN4. The van der Waals surface area contributed by atoms with Crippen LogP contribution in [0.3, 0.4) is 0 Å². The number of rotatable bonds is 0. The lowest BCUT2D eigenvalue weighted by Crippen LogP contribution is -0.482. The highest BCUT2D eigenvalue weighted by Gasteiger charge is 0.0814. The molecule has 0 radical (unpaired) electrons. The predicted octanol–water partition coefficient (Wildman–Crippen LogP) is -0.536. The lowest BCUT2D eigenvalue weighted by Gasteiger charge is -0.345. The Labute approximate surface area is 34.2 Å². The Hall–Kier alpha value is -0.0951. The molecule has 38 valence electrons. The van der Waals surface area contributed by atoms with E-state index in [0.717, 1.165) is 0 Å². The van der Waals surface area contributed by atoms with Gasteiger partial charge in [0, 0.05) is 0 Å². The van der Waals surface area contributed by atoms with Crippen LogP contribution in [-0.4, -0.2) is 8.41 Å². The van der Waals surface area contributed by atoms with Crippen molar-refractivity contribution in [3.63, 3.8) is 0 Å². The van der Waals surface area contributed by atoms with E-state index in [-0.39, 0.29) is 33.0 Å². The maximum atomic E-state index is 0. The minimum absolute atomic E-state index is 0. The lowest BCUT2D eigenvalue weighted by molar-refractivity contribution is 2.13. The van der Waals surface area contributed by atoms with Crippen LogP contribution in [0.1, 0.15) is 0 Å². The Kier molecular flexibility index (Phi) is 6040000. The summed E-state index contributed by atoms with van der Waals surface area (Å²) >= 11 is 0. The van der Waals surface area contributed by atoms with Crippen molar-refractivity contribution in [2.75, 3.05) is 0 Å². The molecule has 0 rings (SSSR count). The molecule has 5 heavy (non-hydrogen) atoms. The van der Waals surface area contributed by atoms with E-state index in [1.54, 1.807) is 0 Å². The third-order valence-electron chi connectivity index (χ3n) is 0. The standard InChI is InChI=1S/BH3.4H3N/h5*1H3. The van der Waals surface area contributed by atoms with Crippen molar-refractivity contribution < 1.29 is 0 Å². The monoisotopic (exact) mass is 82.1 g/mol. The molecule has 0 aromatic rings. The van der Waals surface area contributed by atoms with Gasteiger partial charge < -0.3 is 24.6 Å². The quantitative estimate of drug-likeness (QED) is 0.291. The zero-order valence-electron chi connectivity index (χ0n) is 2.83. The molecule has 0 aromatic heterocycles. The fraction of sp³-hybridized carbons (Fsp3) is 0. The van der Waals surface area contributed by atoms with Crippen LogP contribution in [0.2, 0.25) is 0 Å². The van der Waals surface area contributed by atoms with Gasteiger partial charge in [0.2, 0.25) is 0 Å². The second kappa shape index (κ2) is 3650. The highest BCUT2D eigenvalue weighted by Crippen LogP contribution is -0.381. The highest BCUT2D eigenvalue weighted by molar-refractivity contribution is 5.75. The maximum Gasteiger partial charge on any atom is 0.0814 e. The molecule has 0 amide bonds. The number of hydrogen-bond donors (Lipinski definition) is 4. The lowest BCUT2D eigenvalue weighted by atomic mass is 10.8. The third kappa shape index (κ3) is 1570. The Bertz CT molecular complexity index is 3.61. The van der Waals surface area contributed by atoms with Crippen LogP contribution in [-0.2, 0) is 0 Å². The van der Waals surface area contributed by atoms with Crippen LogP contribution in [0.5, 0.6) is 0 Å². The molecule has 0 aliphatic rings. The van der Waals surface area contributed by atoms with E-state index in [1.165, 1.54) is 0 Å². The third-order valence-corrected chi connectivity index (χ3v) is 0. The van der Waals surface area contributed by atoms with Gasteiger partial charge in [-0.2, -0.15) is 0 Å². The molecule has 0 saturated heterocycles. The first-order chi connectivity index (χ1) is 0. The van der Waals surface area contributed by atoms with Crippen LogP contribution in [0.25, 0.3) is 0 Å². The smallest absolute Gasteiger partial charge is 0.0814 e. The van der Waals surface area contributed by atoms with Gasteiger partial charge in [0.15, 0.2) is 0 Å². The number of hydrogen-bond acceptors (Lipinski definition) is 4. The summed E-state index contributed by atoms with van der Waals surface area (Å²) in [5.41, 5.74) is 0. The molecule has 0 aliphatic carbocycles. The minimum Gasteiger partial charge on any atom is -0.344 e. The first kappa shape index (κ1) is 8280. The SMILES string of the molecule is B.N.N.N.N. The van der Waals surface area contributed by atoms with Gasteiger partial charge in [-0.25, -0.2) is 0 Å². The van der Waals surface area contributed by atoms with Crippen LogP contribution >= 0.6 is 0 Å². The molecule has 0 atom stereocenters. The molecule has 0 aliphatic heterocycles. The van der Waals surface area contributed by atoms with Gasteiger partial charge in [0.1, 0.15) is 0 Å². The van der Waals surface area contributed by atoms with Crippen molar-refractivity contribution in [3.05, 3.63) is 0 Å². The Morgan fingerprint density at radius 1 is 0.400 bits per heavy atom. The summed E-state index contributed by atoms with van der Waals surface area (Å²) in [5, 5.41) is 0. The van der Waals surface area contributed by atoms with Gasteiger partial charge in [-0.05, 0) is 0 Å². The van der Waals surface area contributed by atoms with Crippen molar-refractivity contribution in [2.45, 2.75) is 0 Å². The second-order valence-corrected chi connectivity index (χ2v) is 0. The Balaban J connectivity index is 0. The predicted molar refractivity (Wildman–Crippen MR) is 30.0 cm³/mol. The van der Waals surface area contributed by atoms with E-state index in [1.807, 2.05) is 0 Å². The molecule has 0 fully saturated rings. The summed E-state index contributed by atoms with van der Waals surface area (Å²) in [6.07, 6.45) is 0. The Morgan fingerprint density at radius 2 is 0.400 bits per heavy atom. The molecule has 0 bridgehead atoms. The maximum absolute atomic E-state index is 0. The first-order valence-corrected chi connectivity index (χ1v) is 0. The summed E-state index contributed by atoms with van der Waals surface area (Å²) < 4.78 is 0. The first-order valence-electron chi connectivity index (χ1n) is 0. The topological polar surface area (TPSA) is 140 Å². The van der Waals surface area contributed by atoms with Gasteiger partial charge >= 0.3 is 0 Å². The van der Waals surface area contributed by atoms with Gasteiger partial charge in [-0.1, -0.05) is 0 Å². The fourth-order valence-electron chi connectivity index (χ4n) is 0. The van der Waals surface area contributed by atoms with Crippen molar-refractivity contribution in [1.29, 1.82) is 0 Å². The van der Waals surface area contributed by atoms with E-state index in [9.17, 15) is 0 Å². The van der Waals surface area contributed by atoms with E-state index in [4.69, 9.17) is 0 Å². The molecule has 4 nitrogen and oxygen atoms in total. The molecule has 0 saturated carbocycles. The van der Waals surface area contributed by atoms with Gasteiger partial charge in [-0.3, -0.25) is 0 Å².